The average Bonchev–Trinajstić information content (AvgIpc) is 2.26. The second kappa shape index (κ2) is 6.23. The van der Waals surface area contributed by atoms with E-state index in [1.807, 2.05) is 20.8 Å². The van der Waals surface area contributed by atoms with E-state index in [-0.39, 0.29) is 11.6 Å². The molecule has 0 saturated carbocycles. The number of rotatable bonds is 4. The lowest BCUT2D eigenvalue weighted by Gasteiger charge is -2.46. The average molecular weight is 268 g/mol. The zero-order valence-corrected chi connectivity index (χ0v) is 12.7. The minimum Gasteiger partial charge on any atom is -0.460 e. The minimum absolute atomic E-state index is 0.0751. The van der Waals surface area contributed by atoms with Crippen LogP contribution in [0.4, 0.5) is 0 Å². The molecule has 2 saturated heterocycles. The molecule has 0 N–H and O–H groups in total. The van der Waals surface area contributed by atoms with Crippen LogP contribution in [-0.4, -0.2) is 60.1 Å². The monoisotopic (exact) mass is 268 g/mol. The summed E-state index contributed by atoms with van der Waals surface area (Å²) in [5.74, 6) is -0.0751. The third-order valence-corrected chi connectivity index (χ3v) is 3.90. The molecule has 4 nitrogen and oxygen atoms in total. The SMILES string of the molecule is CC(C)(C)OC(=O)CCN1CC(N2CCCCC2)C1. The van der Waals surface area contributed by atoms with Gasteiger partial charge in [-0.15, -0.1) is 0 Å². The number of piperidine rings is 1. The first-order valence-electron chi connectivity index (χ1n) is 7.62. The van der Waals surface area contributed by atoms with Crippen LogP contribution in [0.2, 0.25) is 0 Å². The fourth-order valence-electron chi connectivity index (χ4n) is 2.88. The van der Waals surface area contributed by atoms with Crippen LogP contribution in [0.25, 0.3) is 0 Å². The predicted molar refractivity (Wildman–Crippen MR) is 76.1 cm³/mol. The summed E-state index contributed by atoms with van der Waals surface area (Å²) < 4.78 is 5.32. The molecule has 2 heterocycles. The van der Waals surface area contributed by atoms with Crippen LogP contribution in [0.3, 0.4) is 0 Å². The van der Waals surface area contributed by atoms with Crippen molar-refractivity contribution in [1.29, 1.82) is 0 Å². The predicted octanol–water partition coefficient (Wildman–Crippen LogP) is 1.89. The molecule has 2 aliphatic rings. The lowest BCUT2D eigenvalue weighted by atomic mass is 10.0. The number of esters is 1. The number of likely N-dealkylation sites (tertiary alicyclic amines) is 2. The molecule has 19 heavy (non-hydrogen) atoms. The van der Waals surface area contributed by atoms with Crippen molar-refractivity contribution >= 4 is 5.97 Å². The lowest BCUT2D eigenvalue weighted by Crippen LogP contribution is -2.60. The Kier molecular flexibility index (Phi) is 4.85. The molecule has 0 aromatic rings. The van der Waals surface area contributed by atoms with Crippen molar-refractivity contribution in [3.63, 3.8) is 0 Å². The Bertz CT molecular complexity index is 300. The van der Waals surface area contributed by atoms with Crippen molar-refractivity contribution in [2.45, 2.75) is 58.1 Å². The van der Waals surface area contributed by atoms with E-state index < -0.39 is 0 Å². The van der Waals surface area contributed by atoms with Crippen molar-refractivity contribution in [1.82, 2.24) is 9.80 Å². The zero-order valence-electron chi connectivity index (χ0n) is 12.7. The number of ether oxygens (including phenoxy) is 1. The topological polar surface area (TPSA) is 32.8 Å². The molecule has 2 aliphatic heterocycles. The van der Waals surface area contributed by atoms with Crippen molar-refractivity contribution in [2.75, 3.05) is 32.7 Å². The lowest BCUT2D eigenvalue weighted by molar-refractivity contribution is -0.155. The molecule has 0 aliphatic carbocycles. The molecule has 2 fully saturated rings. The van der Waals surface area contributed by atoms with Crippen LogP contribution in [0.15, 0.2) is 0 Å². The number of hydrogen-bond acceptors (Lipinski definition) is 4. The summed E-state index contributed by atoms with van der Waals surface area (Å²) in [6.07, 6.45) is 4.62. The summed E-state index contributed by atoms with van der Waals surface area (Å²) in [5.41, 5.74) is -0.359. The maximum Gasteiger partial charge on any atom is 0.307 e. The molecule has 0 radical (unpaired) electrons. The first kappa shape index (κ1) is 14.8. The summed E-state index contributed by atoms with van der Waals surface area (Å²) in [7, 11) is 0. The summed E-state index contributed by atoms with van der Waals surface area (Å²) in [4.78, 5) is 16.6. The van der Waals surface area contributed by atoms with E-state index in [2.05, 4.69) is 9.80 Å². The Balaban J connectivity index is 1.58. The van der Waals surface area contributed by atoms with Crippen LogP contribution in [-0.2, 0) is 9.53 Å². The van der Waals surface area contributed by atoms with E-state index in [1.54, 1.807) is 0 Å². The molecule has 0 bridgehead atoms. The number of nitrogens with zero attached hydrogens (tertiary/aromatic N) is 2. The van der Waals surface area contributed by atoms with E-state index in [1.165, 1.54) is 32.4 Å². The van der Waals surface area contributed by atoms with Gasteiger partial charge in [0, 0.05) is 25.7 Å². The Morgan fingerprint density at radius 1 is 1.16 bits per heavy atom. The van der Waals surface area contributed by atoms with Crippen molar-refractivity contribution in [3.05, 3.63) is 0 Å². The van der Waals surface area contributed by atoms with Gasteiger partial charge < -0.3 is 4.74 Å². The molecule has 0 aromatic carbocycles. The fourth-order valence-corrected chi connectivity index (χ4v) is 2.88. The van der Waals surface area contributed by atoms with Gasteiger partial charge in [-0.25, -0.2) is 0 Å². The molecule has 110 valence electrons. The molecule has 0 amide bonds. The zero-order chi connectivity index (χ0) is 13.9. The van der Waals surface area contributed by atoms with Crippen LogP contribution < -0.4 is 0 Å². The van der Waals surface area contributed by atoms with Gasteiger partial charge in [-0.05, 0) is 46.7 Å². The van der Waals surface area contributed by atoms with Crippen LogP contribution in [0.5, 0.6) is 0 Å². The number of carbonyl (C=O) groups is 1. The van der Waals surface area contributed by atoms with E-state index >= 15 is 0 Å². The Morgan fingerprint density at radius 3 is 2.37 bits per heavy atom. The molecule has 0 aromatic heterocycles. The Labute approximate surface area is 117 Å². The van der Waals surface area contributed by atoms with Gasteiger partial charge in [0.2, 0.25) is 0 Å². The smallest absolute Gasteiger partial charge is 0.307 e. The van der Waals surface area contributed by atoms with Gasteiger partial charge in [0.05, 0.1) is 6.42 Å². The van der Waals surface area contributed by atoms with Crippen molar-refractivity contribution < 1.29 is 9.53 Å². The fraction of sp³-hybridized carbons (Fsp3) is 0.933. The molecule has 4 heteroatoms. The Morgan fingerprint density at radius 2 is 1.79 bits per heavy atom. The summed E-state index contributed by atoms with van der Waals surface area (Å²) in [5, 5.41) is 0. The third kappa shape index (κ3) is 4.77. The third-order valence-electron chi connectivity index (χ3n) is 3.90. The Hall–Kier alpha value is -0.610. The second-order valence-electron chi connectivity index (χ2n) is 6.85. The van der Waals surface area contributed by atoms with Crippen LogP contribution >= 0.6 is 0 Å². The summed E-state index contributed by atoms with van der Waals surface area (Å²) in [6.45, 7) is 11.4. The quantitative estimate of drug-likeness (QED) is 0.729. The van der Waals surface area contributed by atoms with Crippen molar-refractivity contribution in [2.24, 2.45) is 0 Å². The molecule has 0 atom stereocenters. The number of hydrogen-bond donors (Lipinski definition) is 0. The second-order valence-corrected chi connectivity index (χ2v) is 6.85. The molecule has 0 unspecified atom stereocenters. The van der Waals surface area contributed by atoms with E-state index in [0.29, 0.717) is 6.42 Å². The molecule has 0 spiro atoms. The summed E-state index contributed by atoms with van der Waals surface area (Å²) in [6, 6.07) is 0.735. The highest BCUT2D eigenvalue weighted by molar-refractivity contribution is 5.70. The van der Waals surface area contributed by atoms with Gasteiger partial charge in [0.1, 0.15) is 5.60 Å². The van der Waals surface area contributed by atoms with E-state index in [0.717, 1.165) is 25.7 Å². The number of carbonyl (C=O) groups excluding carboxylic acids is 1. The highest BCUT2D eigenvalue weighted by Gasteiger charge is 2.32. The van der Waals surface area contributed by atoms with Crippen LogP contribution in [0.1, 0.15) is 46.5 Å². The maximum atomic E-state index is 11.6. The first-order valence-corrected chi connectivity index (χ1v) is 7.62. The van der Waals surface area contributed by atoms with Gasteiger partial charge in [0.15, 0.2) is 0 Å². The standard InChI is InChI=1S/C15H28N2O2/c1-15(2,3)19-14(18)7-10-16-11-13(12-16)17-8-5-4-6-9-17/h13H,4-12H2,1-3H3. The van der Waals surface area contributed by atoms with Gasteiger partial charge in [0.25, 0.3) is 0 Å². The first-order chi connectivity index (χ1) is 8.94. The van der Waals surface area contributed by atoms with Crippen molar-refractivity contribution in [3.8, 4) is 0 Å². The molecular formula is C15H28N2O2. The van der Waals surface area contributed by atoms with Gasteiger partial charge >= 0.3 is 5.97 Å². The highest BCUT2D eigenvalue weighted by Crippen LogP contribution is 2.20. The largest absolute Gasteiger partial charge is 0.460 e. The van der Waals surface area contributed by atoms with Gasteiger partial charge in [-0.3, -0.25) is 14.6 Å². The minimum atomic E-state index is -0.359. The van der Waals surface area contributed by atoms with E-state index in [9.17, 15) is 4.79 Å². The summed E-state index contributed by atoms with van der Waals surface area (Å²) >= 11 is 0. The molecular weight excluding hydrogens is 240 g/mol. The van der Waals surface area contributed by atoms with Gasteiger partial charge in [-0.1, -0.05) is 6.42 Å². The maximum absolute atomic E-state index is 11.6. The molecule has 2 rings (SSSR count). The normalized spacial score (nSPS) is 23.1. The van der Waals surface area contributed by atoms with E-state index in [4.69, 9.17) is 4.74 Å². The highest BCUT2D eigenvalue weighted by atomic mass is 16.6. The van der Waals surface area contributed by atoms with Crippen LogP contribution in [0, 0.1) is 0 Å². The van der Waals surface area contributed by atoms with Gasteiger partial charge in [-0.2, -0.15) is 0 Å².